The van der Waals surface area contributed by atoms with Gasteiger partial charge in [-0.15, -0.1) is 0 Å². The highest BCUT2D eigenvalue weighted by Crippen LogP contribution is 2.64. The Hall–Kier alpha value is -1.06. The van der Waals surface area contributed by atoms with Crippen molar-refractivity contribution in [2.45, 2.75) is 33.1 Å². The summed E-state index contributed by atoms with van der Waals surface area (Å²) in [5.74, 6) is 4.96. The van der Waals surface area contributed by atoms with Crippen molar-refractivity contribution in [2.24, 2.45) is 27.7 Å². The summed E-state index contributed by atoms with van der Waals surface area (Å²) in [6.45, 7) is 4.05. The summed E-state index contributed by atoms with van der Waals surface area (Å²) in [6.07, 6.45) is 2.43. The molecule has 2 saturated carbocycles. The number of hydrazone groups is 1. The van der Waals surface area contributed by atoms with Crippen LogP contribution in [0.15, 0.2) is 5.10 Å². The van der Waals surface area contributed by atoms with E-state index < -0.39 is 11.4 Å². The monoisotopic (exact) mass is 196 g/mol. The van der Waals surface area contributed by atoms with Crippen molar-refractivity contribution in [1.82, 2.24) is 0 Å². The first-order valence-corrected chi connectivity index (χ1v) is 4.97. The second kappa shape index (κ2) is 2.49. The van der Waals surface area contributed by atoms with Gasteiger partial charge in [0.05, 0.1) is 5.71 Å². The summed E-state index contributed by atoms with van der Waals surface area (Å²) >= 11 is 0. The lowest BCUT2D eigenvalue weighted by Gasteiger charge is -2.33. The highest BCUT2D eigenvalue weighted by atomic mass is 16.4. The van der Waals surface area contributed by atoms with Crippen LogP contribution in [-0.4, -0.2) is 16.8 Å². The van der Waals surface area contributed by atoms with Crippen LogP contribution in [0.1, 0.15) is 33.1 Å². The Morgan fingerprint density at radius 1 is 1.64 bits per heavy atom. The quantitative estimate of drug-likeness (QED) is 0.489. The largest absolute Gasteiger partial charge is 0.481 e. The van der Waals surface area contributed by atoms with E-state index >= 15 is 0 Å². The van der Waals surface area contributed by atoms with Crippen molar-refractivity contribution in [1.29, 1.82) is 0 Å². The molecule has 0 unspecified atom stereocenters. The number of rotatable bonds is 1. The first-order chi connectivity index (χ1) is 6.46. The third-order valence-electron chi connectivity index (χ3n) is 4.44. The van der Waals surface area contributed by atoms with Crippen LogP contribution in [-0.2, 0) is 4.79 Å². The van der Waals surface area contributed by atoms with Crippen molar-refractivity contribution in [3.8, 4) is 0 Å². The highest BCUT2D eigenvalue weighted by molar-refractivity contribution is 6.09. The molecule has 4 nitrogen and oxygen atoms in total. The van der Waals surface area contributed by atoms with Crippen LogP contribution < -0.4 is 5.84 Å². The highest BCUT2D eigenvalue weighted by Gasteiger charge is 2.67. The van der Waals surface area contributed by atoms with Gasteiger partial charge in [-0.25, -0.2) is 0 Å². The van der Waals surface area contributed by atoms with E-state index in [2.05, 4.69) is 5.10 Å². The van der Waals surface area contributed by atoms with Crippen LogP contribution in [0.5, 0.6) is 0 Å². The zero-order valence-electron chi connectivity index (χ0n) is 8.58. The van der Waals surface area contributed by atoms with E-state index in [0.29, 0.717) is 18.1 Å². The molecule has 0 heterocycles. The standard InChI is InChI=1S/C10H16N2O2/c1-9(2)6-3-4-10(9,8(13)14)7(5-6)12-11/h6H,3-5,11H2,1-2H3,(H,13,14)/b12-7-/t6-,10-/m0/s1. The van der Waals surface area contributed by atoms with Crippen molar-refractivity contribution >= 4 is 11.7 Å². The smallest absolute Gasteiger partial charge is 0.316 e. The van der Waals surface area contributed by atoms with Gasteiger partial charge in [0.25, 0.3) is 0 Å². The Morgan fingerprint density at radius 2 is 2.29 bits per heavy atom. The molecule has 78 valence electrons. The SMILES string of the molecule is CC1(C)[C@H]2CC[C@@]1(C(=O)O)/C(=N\N)C2. The molecule has 0 aliphatic heterocycles. The van der Waals surface area contributed by atoms with Gasteiger partial charge in [-0.05, 0) is 30.6 Å². The molecule has 2 rings (SSSR count). The summed E-state index contributed by atoms with van der Waals surface area (Å²) in [5, 5.41) is 13.1. The van der Waals surface area contributed by atoms with Gasteiger partial charge in [-0.3, -0.25) is 4.79 Å². The molecule has 0 amide bonds. The number of carbonyl (C=O) groups is 1. The van der Waals surface area contributed by atoms with Crippen LogP contribution in [0.4, 0.5) is 0 Å². The van der Waals surface area contributed by atoms with Crippen LogP contribution >= 0.6 is 0 Å². The van der Waals surface area contributed by atoms with Gasteiger partial charge in [0, 0.05) is 0 Å². The topological polar surface area (TPSA) is 75.7 Å². The Bertz CT molecular complexity index is 322. The Morgan fingerprint density at radius 3 is 2.64 bits per heavy atom. The van der Waals surface area contributed by atoms with Crippen molar-refractivity contribution in [2.75, 3.05) is 0 Å². The molecule has 0 spiro atoms. The van der Waals surface area contributed by atoms with Crippen LogP contribution in [0.2, 0.25) is 0 Å². The molecule has 3 N–H and O–H groups in total. The molecule has 2 atom stereocenters. The van der Waals surface area contributed by atoms with Crippen molar-refractivity contribution < 1.29 is 9.90 Å². The minimum atomic E-state index is -0.785. The third kappa shape index (κ3) is 0.751. The molecule has 2 fully saturated rings. The minimum Gasteiger partial charge on any atom is -0.481 e. The molecule has 4 heteroatoms. The van der Waals surface area contributed by atoms with E-state index in [1.807, 2.05) is 13.8 Å². The third-order valence-corrected chi connectivity index (χ3v) is 4.44. The van der Waals surface area contributed by atoms with Gasteiger partial charge in [0.1, 0.15) is 5.41 Å². The van der Waals surface area contributed by atoms with E-state index in [1.165, 1.54) is 0 Å². The number of aliphatic carboxylic acids is 1. The van der Waals surface area contributed by atoms with Crippen LogP contribution in [0, 0.1) is 16.7 Å². The van der Waals surface area contributed by atoms with Gasteiger partial charge in [0.2, 0.25) is 0 Å². The first-order valence-electron chi connectivity index (χ1n) is 4.97. The van der Waals surface area contributed by atoms with Crippen molar-refractivity contribution in [3.63, 3.8) is 0 Å². The van der Waals surface area contributed by atoms with Crippen LogP contribution in [0.25, 0.3) is 0 Å². The molecule has 0 aromatic carbocycles. The first kappa shape index (κ1) is 9.49. The maximum absolute atomic E-state index is 11.4. The Labute approximate surface area is 83.2 Å². The number of carboxylic acids is 1. The average molecular weight is 196 g/mol. The van der Waals surface area contributed by atoms with Gasteiger partial charge in [-0.2, -0.15) is 5.10 Å². The number of hydrogen-bond donors (Lipinski definition) is 2. The zero-order valence-corrected chi connectivity index (χ0v) is 8.58. The summed E-state index contributed by atoms with van der Waals surface area (Å²) in [4.78, 5) is 11.4. The molecule has 2 aliphatic carbocycles. The number of hydrogen-bond acceptors (Lipinski definition) is 3. The number of nitrogens with two attached hydrogens (primary N) is 1. The second-order valence-electron chi connectivity index (χ2n) is 4.95. The van der Waals surface area contributed by atoms with Gasteiger partial charge < -0.3 is 10.9 Å². The fourth-order valence-electron chi connectivity index (χ4n) is 3.37. The molecule has 14 heavy (non-hydrogen) atoms. The number of fused-ring (bicyclic) bond motifs is 2. The normalized spacial score (nSPS) is 41.9. The molecule has 2 aliphatic rings. The molecule has 0 saturated heterocycles. The maximum atomic E-state index is 11.4. The molecular formula is C10H16N2O2. The second-order valence-corrected chi connectivity index (χ2v) is 4.95. The lowest BCUT2D eigenvalue weighted by molar-refractivity contribution is -0.148. The molecule has 2 bridgehead atoms. The summed E-state index contributed by atoms with van der Waals surface area (Å²) < 4.78 is 0. The van der Waals surface area contributed by atoms with Gasteiger partial charge in [-0.1, -0.05) is 13.8 Å². The van der Waals surface area contributed by atoms with Crippen LogP contribution in [0.3, 0.4) is 0 Å². The minimum absolute atomic E-state index is 0.197. The summed E-state index contributed by atoms with van der Waals surface area (Å²) in [6, 6.07) is 0. The van der Waals surface area contributed by atoms with E-state index in [-0.39, 0.29) is 5.41 Å². The van der Waals surface area contributed by atoms with Crippen molar-refractivity contribution in [3.05, 3.63) is 0 Å². The fourth-order valence-corrected chi connectivity index (χ4v) is 3.37. The lowest BCUT2D eigenvalue weighted by Crippen LogP contribution is -2.43. The average Bonchev–Trinajstić information content (AvgIpc) is 2.51. The fraction of sp³-hybridized carbons (Fsp3) is 0.800. The van der Waals surface area contributed by atoms with Gasteiger partial charge in [0.15, 0.2) is 0 Å². The van der Waals surface area contributed by atoms with E-state index in [1.54, 1.807) is 0 Å². The predicted molar refractivity (Wildman–Crippen MR) is 52.8 cm³/mol. The Balaban J connectivity index is 2.57. The summed E-state index contributed by atoms with van der Waals surface area (Å²) in [5.41, 5.74) is -0.296. The molecular weight excluding hydrogens is 180 g/mol. The molecule has 0 aromatic rings. The zero-order chi connectivity index (χ0) is 10.6. The summed E-state index contributed by atoms with van der Waals surface area (Å²) in [7, 11) is 0. The molecule has 0 radical (unpaired) electrons. The lowest BCUT2D eigenvalue weighted by atomic mass is 9.69. The number of nitrogens with zero attached hydrogens (tertiary/aromatic N) is 1. The van der Waals surface area contributed by atoms with E-state index in [0.717, 1.165) is 12.8 Å². The molecule has 0 aromatic heterocycles. The predicted octanol–water partition coefficient (Wildman–Crippen LogP) is 1.21. The maximum Gasteiger partial charge on any atom is 0.316 e. The Kier molecular flexibility index (Phi) is 1.69. The van der Waals surface area contributed by atoms with E-state index in [9.17, 15) is 9.90 Å². The number of carboxylic acid groups (broad SMARTS) is 1. The van der Waals surface area contributed by atoms with E-state index in [4.69, 9.17) is 5.84 Å². The van der Waals surface area contributed by atoms with Gasteiger partial charge >= 0.3 is 5.97 Å².